The maximum absolute atomic E-state index is 13.7. The Morgan fingerprint density at radius 1 is 1.15 bits per heavy atom. The third-order valence-electron chi connectivity index (χ3n) is 8.14. The van der Waals surface area contributed by atoms with Gasteiger partial charge >= 0.3 is 0 Å². The molecule has 7 rings (SSSR count). The molecule has 11 nitrogen and oxygen atoms in total. The van der Waals surface area contributed by atoms with Gasteiger partial charge in [-0.1, -0.05) is 6.07 Å². The summed E-state index contributed by atoms with van der Waals surface area (Å²) in [5, 5.41) is 17.1. The molecule has 11 heteroatoms. The number of hydrogen-bond donors (Lipinski definition) is 2. The zero-order chi connectivity index (χ0) is 26.7. The topological polar surface area (TPSA) is 131 Å². The van der Waals surface area contributed by atoms with Gasteiger partial charge in [-0.25, -0.2) is 19.6 Å². The van der Waals surface area contributed by atoms with E-state index in [2.05, 4.69) is 26.0 Å². The van der Waals surface area contributed by atoms with Crippen LogP contribution in [0.4, 0.5) is 17.3 Å². The highest BCUT2D eigenvalue weighted by atomic mass is 16.3. The fourth-order valence-electron chi connectivity index (χ4n) is 5.83. The molecule has 198 valence electrons. The zero-order valence-electron chi connectivity index (χ0n) is 21.6. The number of rotatable bonds is 5. The molecule has 0 radical (unpaired) electrons. The largest absolute Gasteiger partial charge is 0.392 e. The summed E-state index contributed by atoms with van der Waals surface area (Å²) in [4.78, 5) is 31.1. The maximum Gasteiger partial charge on any atom is 0.232 e. The molecule has 1 saturated carbocycles. The third-order valence-corrected chi connectivity index (χ3v) is 8.14. The van der Waals surface area contributed by atoms with Gasteiger partial charge in [-0.2, -0.15) is 5.10 Å². The Bertz CT molecular complexity index is 1690. The Kier molecular flexibility index (Phi) is 5.48. The number of hydrogen-bond acceptors (Lipinski definition) is 8. The SMILES string of the molecule is CN(C(=O)[C@H]1C[C@@H](n2cc(-n3cccn3)c3c(N)ncnc32)C[C@@H]1O)c1ccc2ccc(N3CCC3)nc2c1. The number of pyridine rings is 1. The van der Waals surface area contributed by atoms with E-state index >= 15 is 0 Å². The molecule has 1 saturated heterocycles. The summed E-state index contributed by atoms with van der Waals surface area (Å²) >= 11 is 0. The standard InChI is InChI=1S/C28H29N9O2/c1-34(18-6-4-17-5-7-24(33-21(17)13-18)35-9-3-10-35)28(39)20-12-19(14-23(20)38)36-15-22(37-11-2-8-32-37)25-26(29)30-16-31-27(25)36/h2,4-8,11,13,15-16,19-20,23,38H,3,9-10,12,14H2,1H3,(H2,29,30,31)/t19-,20+,23+/m1/s1. The molecular formula is C28H29N9O2. The van der Waals surface area contributed by atoms with Crippen molar-refractivity contribution in [2.45, 2.75) is 31.4 Å². The molecule has 1 aromatic carbocycles. The molecule has 1 aliphatic carbocycles. The van der Waals surface area contributed by atoms with Gasteiger partial charge < -0.3 is 25.2 Å². The van der Waals surface area contributed by atoms with Gasteiger partial charge in [0.25, 0.3) is 0 Å². The lowest BCUT2D eigenvalue weighted by Gasteiger charge is -2.32. The van der Waals surface area contributed by atoms with Gasteiger partial charge in [0.1, 0.15) is 23.6 Å². The van der Waals surface area contributed by atoms with Gasteiger partial charge in [0.05, 0.1) is 28.6 Å². The second-order valence-electron chi connectivity index (χ2n) is 10.4. The van der Waals surface area contributed by atoms with Crippen molar-refractivity contribution in [2.24, 2.45) is 5.92 Å². The normalized spacial score (nSPS) is 21.0. The van der Waals surface area contributed by atoms with E-state index in [1.54, 1.807) is 22.8 Å². The zero-order valence-corrected chi connectivity index (χ0v) is 21.6. The van der Waals surface area contributed by atoms with Crippen LogP contribution in [-0.4, -0.2) is 66.6 Å². The van der Waals surface area contributed by atoms with Gasteiger partial charge in [0, 0.05) is 55.8 Å². The fourth-order valence-corrected chi connectivity index (χ4v) is 5.83. The highest BCUT2D eigenvalue weighted by Crippen LogP contribution is 2.40. The minimum absolute atomic E-state index is 0.124. The third kappa shape index (κ3) is 3.88. The van der Waals surface area contributed by atoms with Gasteiger partial charge in [-0.05, 0) is 49.6 Å². The number of carbonyl (C=O) groups excluding carboxylic acids is 1. The van der Waals surface area contributed by atoms with Crippen molar-refractivity contribution in [1.29, 1.82) is 0 Å². The number of fused-ring (bicyclic) bond motifs is 2. The summed E-state index contributed by atoms with van der Waals surface area (Å²) in [5.74, 6) is 0.645. The van der Waals surface area contributed by atoms with E-state index in [-0.39, 0.29) is 11.9 Å². The fraction of sp³-hybridized carbons (Fsp3) is 0.321. The van der Waals surface area contributed by atoms with E-state index in [1.165, 1.54) is 12.7 Å². The number of aromatic nitrogens is 6. The van der Waals surface area contributed by atoms with Crippen molar-refractivity contribution < 1.29 is 9.90 Å². The van der Waals surface area contributed by atoms with E-state index in [0.717, 1.165) is 41.2 Å². The Hall–Kier alpha value is -4.51. The lowest BCUT2D eigenvalue weighted by molar-refractivity contribution is -0.124. The minimum atomic E-state index is -0.786. The molecule has 5 heterocycles. The van der Waals surface area contributed by atoms with Crippen molar-refractivity contribution in [3.05, 3.63) is 61.3 Å². The number of nitrogen functional groups attached to an aromatic ring is 1. The number of amides is 1. The van der Waals surface area contributed by atoms with Crippen LogP contribution in [0.5, 0.6) is 0 Å². The molecule has 0 unspecified atom stereocenters. The molecule has 4 aromatic heterocycles. The highest BCUT2D eigenvalue weighted by Gasteiger charge is 2.41. The molecule has 2 aliphatic rings. The van der Waals surface area contributed by atoms with Crippen molar-refractivity contribution in [2.75, 3.05) is 35.7 Å². The van der Waals surface area contributed by atoms with Gasteiger partial charge in [0.15, 0.2) is 0 Å². The monoisotopic (exact) mass is 523 g/mol. The molecule has 1 amide bonds. The van der Waals surface area contributed by atoms with E-state index in [0.29, 0.717) is 29.7 Å². The van der Waals surface area contributed by atoms with Crippen LogP contribution in [0.3, 0.4) is 0 Å². The number of aliphatic hydroxyl groups is 1. The summed E-state index contributed by atoms with van der Waals surface area (Å²) in [7, 11) is 1.76. The number of anilines is 3. The Balaban J connectivity index is 1.16. The second kappa shape index (κ2) is 9.05. The first kappa shape index (κ1) is 23.6. The van der Waals surface area contributed by atoms with Crippen LogP contribution in [0.1, 0.15) is 25.3 Å². The summed E-state index contributed by atoms with van der Waals surface area (Å²) in [6, 6.07) is 11.7. The first-order valence-corrected chi connectivity index (χ1v) is 13.2. The highest BCUT2D eigenvalue weighted by molar-refractivity contribution is 5.97. The molecule has 3 N–H and O–H groups in total. The van der Waals surface area contributed by atoms with Crippen LogP contribution in [0, 0.1) is 5.92 Å². The van der Waals surface area contributed by atoms with Gasteiger partial charge in [-0.15, -0.1) is 0 Å². The molecule has 0 spiro atoms. The summed E-state index contributed by atoms with van der Waals surface area (Å²) < 4.78 is 3.72. The smallest absolute Gasteiger partial charge is 0.232 e. The van der Waals surface area contributed by atoms with Crippen LogP contribution in [-0.2, 0) is 4.79 Å². The van der Waals surface area contributed by atoms with Crippen LogP contribution >= 0.6 is 0 Å². The van der Waals surface area contributed by atoms with E-state index < -0.39 is 12.0 Å². The molecule has 39 heavy (non-hydrogen) atoms. The number of nitrogens with zero attached hydrogens (tertiary/aromatic N) is 8. The second-order valence-corrected chi connectivity index (χ2v) is 10.4. The van der Waals surface area contributed by atoms with Crippen molar-refractivity contribution in [1.82, 2.24) is 29.3 Å². The molecular weight excluding hydrogens is 494 g/mol. The molecule has 5 aromatic rings. The quantitative estimate of drug-likeness (QED) is 0.360. The van der Waals surface area contributed by atoms with Crippen LogP contribution in [0.2, 0.25) is 0 Å². The number of benzene rings is 1. The van der Waals surface area contributed by atoms with Crippen molar-refractivity contribution >= 4 is 45.2 Å². The average Bonchev–Trinajstić information content (AvgIpc) is 3.65. The first-order valence-electron chi connectivity index (χ1n) is 13.2. The Labute approximate surface area is 224 Å². The summed E-state index contributed by atoms with van der Waals surface area (Å²) in [6.07, 6.45) is 8.20. The number of nitrogens with two attached hydrogens (primary N) is 1. The lowest BCUT2D eigenvalue weighted by atomic mass is 10.0. The van der Waals surface area contributed by atoms with Crippen molar-refractivity contribution in [3.8, 4) is 5.69 Å². The number of carbonyl (C=O) groups is 1. The molecule has 0 bridgehead atoms. The van der Waals surface area contributed by atoms with Crippen LogP contribution < -0.4 is 15.5 Å². The van der Waals surface area contributed by atoms with E-state index in [9.17, 15) is 9.90 Å². The average molecular weight is 524 g/mol. The van der Waals surface area contributed by atoms with Gasteiger partial charge in [-0.3, -0.25) is 4.79 Å². The number of aliphatic hydroxyl groups excluding tert-OH is 1. The summed E-state index contributed by atoms with van der Waals surface area (Å²) in [5.41, 5.74) is 9.26. The predicted molar refractivity (Wildman–Crippen MR) is 149 cm³/mol. The van der Waals surface area contributed by atoms with E-state index in [1.807, 2.05) is 47.3 Å². The molecule has 1 aliphatic heterocycles. The van der Waals surface area contributed by atoms with Crippen molar-refractivity contribution in [3.63, 3.8) is 0 Å². The van der Waals surface area contributed by atoms with Gasteiger partial charge in [0.2, 0.25) is 5.91 Å². The maximum atomic E-state index is 13.7. The Morgan fingerprint density at radius 3 is 2.77 bits per heavy atom. The van der Waals surface area contributed by atoms with Crippen LogP contribution in [0.25, 0.3) is 27.6 Å². The Morgan fingerprint density at radius 2 is 2.00 bits per heavy atom. The molecule has 2 fully saturated rings. The molecule has 3 atom stereocenters. The summed E-state index contributed by atoms with van der Waals surface area (Å²) in [6.45, 7) is 2.05. The predicted octanol–water partition coefficient (Wildman–Crippen LogP) is 2.93. The lowest BCUT2D eigenvalue weighted by Crippen LogP contribution is -2.37. The minimum Gasteiger partial charge on any atom is -0.392 e. The first-order chi connectivity index (χ1) is 19.0. The van der Waals surface area contributed by atoms with E-state index in [4.69, 9.17) is 10.7 Å². The van der Waals surface area contributed by atoms with Crippen LogP contribution in [0.15, 0.2) is 61.3 Å².